The fourth-order valence-corrected chi connectivity index (χ4v) is 5.48. The molecule has 6 aromatic rings. The van der Waals surface area contributed by atoms with Crippen molar-refractivity contribution >= 4 is 33.2 Å². The average Bonchev–Trinajstić information content (AvgIpc) is 3.15. The van der Waals surface area contributed by atoms with Crippen LogP contribution in [-0.4, -0.2) is 58.6 Å². The molecule has 0 aliphatic rings. The van der Waals surface area contributed by atoms with Crippen LogP contribution in [0.15, 0.2) is 121 Å². The Morgan fingerprint density at radius 2 is 1.22 bits per heavy atom. The molecule has 13 nitrogen and oxygen atoms in total. The van der Waals surface area contributed by atoms with Gasteiger partial charge in [-0.1, -0.05) is 12.0 Å². The number of carbonyl (C=O) groups is 2. The minimum absolute atomic E-state index is 0.0255. The van der Waals surface area contributed by atoms with Crippen molar-refractivity contribution in [2.75, 3.05) is 24.7 Å². The number of ether oxygens (including phenoxy) is 2. The first-order valence-electron chi connectivity index (χ1n) is 15.7. The van der Waals surface area contributed by atoms with E-state index in [2.05, 4.69) is 36.5 Å². The standard InChI is InChI=1S/C19H11F2N3O2.C19H17FN4O4S/c1-2-12-3-4-18(21)17(5-12)19(25)24-14-6-13(20)7-15(8-14)26-16-9-22-11-23-10-16;1-24(2)29(26,27)18-5-3-4-13(6-18)19(25)23-15-7-14(20)8-16(9-15)28-17-10-21-12-22-11-17/h1,3-11H,(H,24,25);3-12H,1-2H3,(H,23,25). The van der Waals surface area contributed by atoms with Gasteiger partial charge in [0.05, 0.1) is 35.2 Å². The van der Waals surface area contributed by atoms with Gasteiger partial charge in [-0.2, -0.15) is 0 Å². The van der Waals surface area contributed by atoms with E-state index in [-0.39, 0.29) is 38.9 Å². The number of amides is 2. The minimum atomic E-state index is -3.69. The normalized spacial score (nSPS) is 10.7. The highest BCUT2D eigenvalue weighted by atomic mass is 32.2. The van der Waals surface area contributed by atoms with Crippen molar-refractivity contribution in [1.29, 1.82) is 0 Å². The number of sulfonamides is 1. The predicted octanol–water partition coefficient (Wildman–Crippen LogP) is 6.69. The lowest BCUT2D eigenvalue weighted by atomic mass is 10.1. The molecule has 6 rings (SSSR count). The molecule has 2 N–H and O–H groups in total. The summed E-state index contributed by atoms with van der Waals surface area (Å²) in [5.74, 6) is -0.199. The first-order chi connectivity index (χ1) is 26.3. The SMILES string of the molecule is C#Cc1ccc(F)c(C(=O)Nc2cc(F)cc(Oc3cncnc3)c2)c1.CN(C)S(=O)(=O)c1cccc(C(=O)Nc2cc(F)cc(Oc3cncnc3)c2)c1. The maximum Gasteiger partial charge on any atom is 0.258 e. The van der Waals surface area contributed by atoms with Gasteiger partial charge in [0.1, 0.15) is 41.6 Å². The van der Waals surface area contributed by atoms with Gasteiger partial charge < -0.3 is 20.1 Å². The van der Waals surface area contributed by atoms with Gasteiger partial charge in [0, 0.05) is 60.9 Å². The van der Waals surface area contributed by atoms with Crippen LogP contribution in [0.25, 0.3) is 0 Å². The number of hydrogen-bond donors (Lipinski definition) is 2. The number of halogens is 3. The Hall–Kier alpha value is -7.16. The Balaban J connectivity index is 0.000000212. The van der Waals surface area contributed by atoms with Crippen molar-refractivity contribution in [3.8, 4) is 35.3 Å². The fourth-order valence-electron chi connectivity index (χ4n) is 4.54. The topological polar surface area (TPSA) is 166 Å². The molecule has 2 heterocycles. The van der Waals surface area contributed by atoms with E-state index >= 15 is 0 Å². The first-order valence-corrected chi connectivity index (χ1v) is 17.1. The molecule has 0 bridgehead atoms. The molecule has 0 atom stereocenters. The summed E-state index contributed by atoms with van der Waals surface area (Å²) >= 11 is 0. The second kappa shape index (κ2) is 17.6. The monoisotopic (exact) mass is 767 g/mol. The lowest BCUT2D eigenvalue weighted by Crippen LogP contribution is -2.22. The smallest absolute Gasteiger partial charge is 0.258 e. The van der Waals surface area contributed by atoms with Crippen molar-refractivity contribution in [3.63, 3.8) is 0 Å². The molecule has 0 radical (unpaired) electrons. The van der Waals surface area contributed by atoms with E-state index in [0.29, 0.717) is 17.1 Å². The van der Waals surface area contributed by atoms with Crippen LogP contribution < -0.4 is 20.1 Å². The molecule has 0 saturated heterocycles. The highest BCUT2D eigenvalue weighted by Gasteiger charge is 2.19. The zero-order chi connectivity index (χ0) is 39.5. The third kappa shape index (κ3) is 10.7. The summed E-state index contributed by atoms with van der Waals surface area (Å²) in [5, 5.41) is 4.95. The second-order valence-electron chi connectivity index (χ2n) is 11.3. The lowest BCUT2D eigenvalue weighted by molar-refractivity contribution is 0.101. The van der Waals surface area contributed by atoms with E-state index in [9.17, 15) is 31.2 Å². The Bertz CT molecular complexity index is 2490. The number of anilines is 2. The molecule has 278 valence electrons. The molecule has 4 aromatic carbocycles. The average molecular weight is 768 g/mol. The van der Waals surface area contributed by atoms with Crippen LogP contribution in [0.3, 0.4) is 0 Å². The maximum atomic E-state index is 13.9. The molecule has 17 heteroatoms. The highest BCUT2D eigenvalue weighted by Crippen LogP contribution is 2.27. The molecule has 2 amide bonds. The summed E-state index contributed by atoms with van der Waals surface area (Å²) in [6.07, 6.45) is 13.5. The molecular formula is C38H28F3N7O6S. The van der Waals surface area contributed by atoms with Gasteiger partial charge in [-0.3, -0.25) is 9.59 Å². The lowest BCUT2D eigenvalue weighted by Gasteiger charge is -2.13. The van der Waals surface area contributed by atoms with Crippen molar-refractivity contribution in [3.05, 3.63) is 150 Å². The van der Waals surface area contributed by atoms with Gasteiger partial charge in [0.15, 0.2) is 11.5 Å². The largest absolute Gasteiger partial charge is 0.454 e. The summed E-state index contributed by atoms with van der Waals surface area (Å²) in [5.41, 5.74) is 0.443. The zero-order valence-electron chi connectivity index (χ0n) is 28.8. The van der Waals surface area contributed by atoms with Crippen molar-refractivity contribution < 1.29 is 40.7 Å². The van der Waals surface area contributed by atoms with E-state index < -0.39 is 39.3 Å². The number of aromatic nitrogens is 4. The van der Waals surface area contributed by atoms with Gasteiger partial charge in [0.25, 0.3) is 11.8 Å². The van der Waals surface area contributed by atoms with E-state index in [1.807, 2.05) is 0 Å². The summed E-state index contributed by atoms with van der Waals surface area (Å²) in [6, 6.07) is 16.6. The van der Waals surface area contributed by atoms with Crippen LogP contribution in [0.2, 0.25) is 0 Å². The van der Waals surface area contributed by atoms with Gasteiger partial charge in [-0.05, 0) is 48.5 Å². The first kappa shape index (κ1) is 39.1. The number of terminal acetylenes is 1. The second-order valence-corrected chi connectivity index (χ2v) is 13.4. The molecule has 0 unspecified atom stereocenters. The van der Waals surface area contributed by atoms with Gasteiger partial charge >= 0.3 is 0 Å². The molecule has 0 aliphatic carbocycles. The summed E-state index contributed by atoms with van der Waals surface area (Å²) in [7, 11) is -0.898. The number of nitrogens with zero attached hydrogens (tertiary/aromatic N) is 5. The van der Waals surface area contributed by atoms with E-state index in [0.717, 1.165) is 34.6 Å². The van der Waals surface area contributed by atoms with Crippen molar-refractivity contribution in [1.82, 2.24) is 24.2 Å². The van der Waals surface area contributed by atoms with Crippen LogP contribution in [0, 0.1) is 29.8 Å². The Morgan fingerprint density at radius 1 is 0.691 bits per heavy atom. The van der Waals surface area contributed by atoms with Crippen molar-refractivity contribution in [2.24, 2.45) is 0 Å². The fraction of sp³-hybridized carbons (Fsp3) is 0.0526. The van der Waals surface area contributed by atoms with E-state index in [1.165, 1.54) is 100 Å². The maximum absolute atomic E-state index is 13.9. The quantitative estimate of drug-likeness (QED) is 0.144. The molecule has 2 aromatic heterocycles. The number of benzene rings is 4. The minimum Gasteiger partial charge on any atom is -0.454 e. The number of nitrogens with one attached hydrogen (secondary N) is 2. The van der Waals surface area contributed by atoms with Crippen LogP contribution in [0.4, 0.5) is 24.5 Å². The summed E-state index contributed by atoms with van der Waals surface area (Å²) in [4.78, 5) is 40.0. The van der Waals surface area contributed by atoms with E-state index in [4.69, 9.17) is 15.9 Å². The van der Waals surface area contributed by atoms with Gasteiger partial charge in [0.2, 0.25) is 10.0 Å². The highest BCUT2D eigenvalue weighted by molar-refractivity contribution is 7.89. The van der Waals surface area contributed by atoms with Gasteiger partial charge in [-0.25, -0.2) is 45.8 Å². The molecule has 0 spiro atoms. The number of carbonyl (C=O) groups excluding carboxylic acids is 2. The van der Waals surface area contributed by atoms with Crippen LogP contribution >= 0.6 is 0 Å². The van der Waals surface area contributed by atoms with Gasteiger partial charge in [-0.15, -0.1) is 6.42 Å². The molecule has 55 heavy (non-hydrogen) atoms. The Morgan fingerprint density at radius 3 is 1.73 bits per heavy atom. The van der Waals surface area contributed by atoms with Crippen LogP contribution in [-0.2, 0) is 10.0 Å². The summed E-state index contributed by atoms with van der Waals surface area (Å²) in [6.45, 7) is 0. The summed E-state index contributed by atoms with van der Waals surface area (Å²) < 4.78 is 78.1. The molecule has 0 saturated carbocycles. The number of hydrogen-bond acceptors (Lipinski definition) is 10. The third-order valence-corrected chi connectivity index (χ3v) is 8.87. The van der Waals surface area contributed by atoms with E-state index in [1.54, 1.807) is 0 Å². The molecule has 0 fully saturated rings. The molecular weight excluding hydrogens is 740 g/mol. The van der Waals surface area contributed by atoms with Crippen LogP contribution in [0.5, 0.6) is 23.0 Å². The Labute approximate surface area is 312 Å². The third-order valence-electron chi connectivity index (χ3n) is 7.06. The zero-order valence-corrected chi connectivity index (χ0v) is 29.6. The van der Waals surface area contributed by atoms with Crippen molar-refractivity contribution in [2.45, 2.75) is 4.90 Å². The van der Waals surface area contributed by atoms with Crippen LogP contribution in [0.1, 0.15) is 26.3 Å². The molecule has 0 aliphatic heterocycles. The number of rotatable bonds is 10. The Kier molecular flexibility index (Phi) is 12.5. The predicted molar refractivity (Wildman–Crippen MR) is 195 cm³/mol.